The molecule has 2 saturated carbocycles. The maximum absolute atomic E-state index is 13.7. The summed E-state index contributed by atoms with van der Waals surface area (Å²) in [5, 5.41) is 14.9. The molecule has 4 rings (SSSR count). The van der Waals surface area contributed by atoms with Crippen LogP contribution in [-0.4, -0.2) is 55.9 Å². The Hall–Kier alpha value is -2.35. The van der Waals surface area contributed by atoms with E-state index in [0.29, 0.717) is 0 Å². The van der Waals surface area contributed by atoms with Crippen LogP contribution < -0.4 is 5.32 Å². The first-order chi connectivity index (χ1) is 15.8. The second-order valence-corrected chi connectivity index (χ2v) is 10.4. The van der Waals surface area contributed by atoms with Gasteiger partial charge < -0.3 is 10.2 Å². The number of urea groups is 2. The minimum absolute atomic E-state index is 0.0223. The zero-order valence-corrected chi connectivity index (χ0v) is 19.8. The number of nitrogens with zero attached hydrogens (tertiary/aromatic N) is 3. The predicted molar refractivity (Wildman–Crippen MR) is 123 cm³/mol. The molecule has 1 atom stereocenters. The molecule has 0 spiro atoms. The number of hydroxylamine groups is 2. The van der Waals surface area contributed by atoms with Gasteiger partial charge in [-0.1, -0.05) is 50.7 Å². The van der Waals surface area contributed by atoms with E-state index < -0.39 is 17.7 Å². The number of amides is 4. The van der Waals surface area contributed by atoms with Crippen molar-refractivity contribution in [3.05, 3.63) is 35.6 Å². The van der Waals surface area contributed by atoms with Gasteiger partial charge in [-0.2, -0.15) is 5.06 Å². The molecule has 1 unspecified atom stereocenters. The quantitative estimate of drug-likeness (QED) is 0.466. The number of benzene rings is 1. The Kier molecular flexibility index (Phi) is 7.12. The predicted octanol–water partition coefficient (Wildman–Crippen LogP) is 5.23. The van der Waals surface area contributed by atoms with Gasteiger partial charge in [-0.25, -0.2) is 14.0 Å². The van der Waals surface area contributed by atoms with Gasteiger partial charge in [-0.3, -0.25) is 10.1 Å². The van der Waals surface area contributed by atoms with E-state index in [1.165, 1.54) is 18.6 Å². The molecular formula is C25H37FN4O3. The fraction of sp³-hybridized carbons (Fsp3) is 0.680. The molecule has 2 N–H and O–H groups in total. The molecule has 0 radical (unpaired) electrons. The highest BCUT2D eigenvalue weighted by molar-refractivity contribution is 5.81. The van der Waals surface area contributed by atoms with Crippen molar-refractivity contribution >= 4 is 12.1 Å². The smallest absolute Gasteiger partial charge is 0.333 e. The largest absolute Gasteiger partial charge is 0.343 e. The normalized spacial score (nSPS) is 24.2. The molecule has 0 aromatic heterocycles. The van der Waals surface area contributed by atoms with Crippen LogP contribution in [-0.2, 0) is 6.54 Å². The first-order valence-electron chi connectivity index (χ1n) is 12.4. The third-order valence-corrected chi connectivity index (χ3v) is 7.64. The van der Waals surface area contributed by atoms with E-state index in [1.807, 2.05) is 13.8 Å². The molecule has 1 aromatic carbocycles. The third kappa shape index (κ3) is 4.95. The van der Waals surface area contributed by atoms with Gasteiger partial charge >= 0.3 is 12.1 Å². The van der Waals surface area contributed by atoms with Crippen LogP contribution in [0.25, 0.3) is 0 Å². The van der Waals surface area contributed by atoms with Gasteiger partial charge in [0.25, 0.3) is 0 Å². The van der Waals surface area contributed by atoms with E-state index in [9.17, 15) is 19.2 Å². The Morgan fingerprint density at radius 3 is 2.24 bits per heavy atom. The summed E-state index contributed by atoms with van der Waals surface area (Å²) in [4.78, 5) is 30.2. The van der Waals surface area contributed by atoms with Gasteiger partial charge in [0, 0.05) is 18.6 Å². The van der Waals surface area contributed by atoms with Gasteiger partial charge in [0.05, 0.1) is 5.54 Å². The Morgan fingerprint density at radius 2 is 1.64 bits per heavy atom. The van der Waals surface area contributed by atoms with Crippen molar-refractivity contribution in [3.63, 3.8) is 0 Å². The maximum Gasteiger partial charge on any atom is 0.343 e. The summed E-state index contributed by atoms with van der Waals surface area (Å²) in [6, 6.07) is 5.41. The third-order valence-electron chi connectivity index (χ3n) is 7.64. The highest BCUT2D eigenvalue weighted by Crippen LogP contribution is 2.40. The SMILES string of the molecule is CC1(C)C(N(O)C(=O)NC2CCCCC2)N(C2CCCCC2)C(=O)N1Cc1ccc(F)cc1. The molecule has 1 aromatic rings. The van der Waals surface area contributed by atoms with Gasteiger partial charge in [0.2, 0.25) is 0 Å². The monoisotopic (exact) mass is 460 g/mol. The Balaban J connectivity index is 1.59. The fourth-order valence-electron chi connectivity index (χ4n) is 5.74. The van der Waals surface area contributed by atoms with Crippen LogP contribution in [0.4, 0.5) is 14.0 Å². The molecule has 0 bridgehead atoms. The zero-order chi connectivity index (χ0) is 23.6. The lowest BCUT2D eigenvalue weighted by atomic mass is 9.92. The topological polar surface area (TPSA) is 76.1 Å². The standard InChI is InChI=1S/C25H37FN4O3/c1-25(2)22(30(33)23(31)27-20-9-5-3-6-10-20)29(21-11-7-4-8-12-21)24(32)28(25)17-18-13-15-19(26)16-14-18/h13-16,20-22,33H,3-12,17H2,1-2H3,(H,27,31). The molecule has 1 saturated heterocycles. The van der Waals surface area contributed by atoms with E-state index in [4.69, 9.17) is 0 Å². The van der Waals surface area contributed by atoms with Crippen LogP contribution in [0.3, 0.4) is 0 Å². The zero-order valence-electron chi connectivity index (χ0n) is 19.8. The van der Waals surface area contributed by atoms with Crippen molar-refractivity contribution in [2.75, 3.05) is 0 Å². The molecule has 1 heterocycles. The molecule has 3 aliphatic rings. The van der Waals surface area contributed by atoms with Gasteiger partial charge in [0.15, 0.2) is 6.17 Å². The lowest BCUT2D eigenvalue weighted by Gasteiger charge is -2.41. The van der Waals surface area contributed by atoms with Crippen LogP contribution in [0, 0.1) is 5.82 Å². The van der Waals surface area contributed by atoms with Crippen molar-refractivity contribution in [1.29, 1.82) is 0 Å². The van der Waals surface area contributed by atoms with Crippen LogP contribution in [0.2, 0.25) is 0 Å². The van der Waals surface area contributed by atoms with E-state index in [2.05, 4.69) is 5.32 Å². The average molecular weight is 461 g/mol. The van der Waals surface area contributed by atoms with E-state index >= 15 is 0 Å². The highest BCUT2D eigenvalue weighted by atomic mass is 19.1. The van der Waals surface area contributed by atoms with Crippen molar-refractivity contribution in [2.24, 2.45) is 0 Å². The summed E-state index contributed by atoms with van der Waals surface area (Å²) in [7, 11) is 0. The molecular weight excluding hydrogens is 423 g/mol. The Bertz CT molecular complexity index is 835. The number of rotatable bonds is 5. The lowest BCUT2D eigenvalue weighted by molar-refractivity contribution is -0.141. The molecule has 4 amide bonds. The summed E-state index contributed by atoms with van der Waals surface area (Å²) in [5.41, 5.74) is -0.0418. The van der Waals surface area contributed by atoms with Crippen molar-refractivity contribution in [2.45, 2.75) is 108 Å². The van der Waals surface area contributed by atoms with Gasteiger partial charge in [-0.05, 0) is 57.2 Å². The molecule has 3 fully saturated rings. The van der Waals surface area contributed by atoms with Crippen molar-refractivity contribution < 1.29 is 19.2 Å². The van der Waals surface area contributed by atoms with Crippen molar-refractivity contribution in [1.82, 2.24) is 20.2 Å². The first-order valence-corrected chi connectivity index (χ1v) is 12.4. The Morgan fingerprint density at radius 1 is 1.06 bits per heavy atom. The van der Waals surface area contributed by atoms with Gasteiger partial charge in [-0.15, -0.1) is 0 Å². The molecule has 2 aliphatic carbocycles. The molecule has 8 heteroatoms. The minimum Gasteiger partial charge on any atom is -0.333 e. The second-order valence-electron chi connectivity index (χ2n) is 10.4. The molecule has 182 valence electrons. The summed E-state index contributed by atoms with van der Waals surface area (Å²) in [5.74, 6) is -0.326. The van der Waals surface area contributed by atoms with E-state index in [0.717, 1.165) is 68.4 Å². The molecule has 1 aliphatic heterocycles. The van der Waals surface area contributed by atoms with Crippen LogP contribution in [0.15, 0.2) is 24.3 Å². The van der Waals surface area contributed by atoms with Gasteiger partial charge in [0.1, 0.15) is 5.82 Å². The first kappa shape index (κ1) is 23.8. The second kappa shape index (κ2) is 9.87. The minimum atomic E-state index is -0.846. The van der Waals surface area contributed by atoms with Crippen molar-refractivity contribution in [3.8, 4) is 0 Å². The number of hydrogen-bond acceptors (Lipinski definition) is 3. The van der Waals surface area contributed by atoms with Crippen LogP contribution in [0.1, 0.15) is 83.6 Å². The van der Waals surface area contributed by atoms with Crippen LogP contribution in [0.5, 0.6) is 0 Å². The highest BCUT2D eigenvalue weighted by Gasteiger charge is 2.57. The molecule has 7 nitrogen and oxygen atoms in total. The summed E-state index contributed by atoms with van der Waals surface area (Å²) < 4.78 is 13.4. The molecule has 33 heavy (non-hydrogen) atoms. The number of carbonyl (C=O) groups excluding carboxylic acids is 2. The summed E-state index contributed by atoms with van der Waals surface area (Å²) in [6.45, 7) is 4.06. The average Bonchev–Trinajstić information content (AvgIpc) is 3.01. The van der Waals surface area contributed by atoms with Crippen LogP contribution >= 0.6 is 0 Å². The Labute approximate surface area is 195 Å². The number of nitrogens with one attached hydrogen (secondary N) is 1. The maximum atomic E-state index is 13.7. The van der Waals surface area contributed by atoms with E-state index in [1.54, 1.807) is 21.9 Å². The number of hydrogen-bond donors (Lipinski definition) is 2. The number of carbonyl (C=O) groups is 2. The fourth-order valence-corrected chi connectivity index (χ4v) is 5.74. The summed E-state index contributed by atoms with van der Waals surface area (Å²) in [6.07, 6.45) is 9.25. The number of halogens is 1. The summed E-state index contributed by atoms with van der Waals surface area (Å²) >= 11 is 0. The van der Waals surface area contributed by atoms with E-state index in [-0.39, 0.29) is 30.5 Å². The lowest BCUT2D eigenvalue weighted by Crippen LogP contribution is -2.61.